The van der Waals surface area contributed by atoms with Gasteiger partial charge in [-0.1, -0.05) is 0 Å². The van der Waals surface area contributed by atoms with E-state index in [-0.39, 0.29) is 0 Å². The van der Waals surface area contributed by atoms with Gasteiger partial charge in [-0.2, -0.15) is 0 Å². The van der Waals surface area contributed by atoms with Crippen molar-refractivity contribution in [1.29, 1.82) is 0 Å². The Bertz CT molecular complexity index is 290. The number of carbonyl (C=O) groups excluding carboxylic acids is 2. The van der Waals surface area contributed by atoms with Gasteiger partial charge < -0.3 is 29.9 Å². The van der Waals surface area contributed by atoms with Crippen molar-refractivity contribution in [1.82, 2.24) is 0 Å². The van der Waals surface area contributed by atoms with E-state index in [2.05, 4.69) is 9.47 Å². The molecule has 4 N–H and O–H groups in total. The number of esters is 2. The van der Waals surface area contributed by atoms with Crippen molar-refractivity contribution >= 4 is 11.9 Å². The Kier molecular flexibility index (Phi) is 3.94. The second-order valence-electron chi connectivity index (χ2n) is 3.33. The van der Waals surface area contributed by atoms with Crippen molar-refractivity contribution in [2.24, 2.45) is 0 Å². The highest BCUT2D eigenvalue weighted by Gasteiger charge is 2.47. The van der Waals surface area contributed by atoms with Crippen molar-refractivity contribution in [2.45, 2.75) is 37.6 Å². The molecule has 1 unspecified atom stereocenters. The highest BCUT2D eigenvalue weighted by atomic mass is 16.7. The molecule has 0 amide bonds. The first-order valence-corrected chi connectivity index (χ1v) is 4.44. The predicted octanol–water partition coefficient (Wildman–Crippen LogP) is -3.12. The molecule has 92 valence electrons. The van der Waals surface area contributed by atoms with Crippen LogP contribution in [0.15, 0.2) is 0 Å². The minimum atomic E-state index is -1.84. The maximum Gasteiger partial charge on any atom is 0.345 e. The summed E-state index contributed by atoms with van der Waals surface area (Å²) in [5, 5.41) is 36.8. The first-order chi connectivity index (χ1) is 7.34. The molecule has 0 aromatic carbocycles. The zero-order valence-electron chi connectivity index (χ0n) is 8.31. The van der Waals surface area contributed by atoms with E-state index in [1.807, 2.05) is 0 Å². The van der Waals surface area contributed by atoms with Crippen LogP contribution in [0.1, 0.15) is 6.92 Å². The molecule has 0 bridgehead atoms. The third kappa shape index (κ3) is 2.54. The lowest BCUT2D eigenvalue weighted by Gasteiger charge is -2.36. The summed E-state index contributed by atoms with van der Waals surface area (Å²) >= 11 is 0. The Hall–Kier alpha value is -1.06. The highest BCUT2D eigenvalue weighted by molar-refractivity contribution is 5.87. The molecule has 0 saturated carbocycles. The van der Waals surface area contributed by atoms with Crippen LogP contribution in [-0.2, 0) is 19.1 Å². The molecule has 0 aromatic rings. The fourth-order valence-electron chi connectivity index (χ4n) is 1.26. The molecule has 1 rings (SSSR count). The summed E-state index contributed by atoms with van der Waals surface area (Å²) in [5.74, 6) is -2.17. The zero-order valence-corrected chi connectivity index (χ0v) is 8.31. The molecule has 16 heavy (non-hydrogen) atoms. The minimum Gasteiger partial charge on any atom is -0.391 e. The summed E-state index contributed by atoms with van der Waals surface area (Å²) in [6.07, 6.45) is -8.87. The quantitative estimate of drug-likeness (QED) is 0.277. The summed E-state index contributed by atoms with van der Waals surface area (Å²) in [5.41, 5.74) is 0. The first-order valence-electron chi connectivity index (χ1n) is 4.44. The van der Waals surface area contributed by atoms with Crippen LogP contribution in [0.25, 0.3) is 0 Å². The van der Waals surface area contributed by atoms with Crippen LogP contribution in [0.4, 0.5) is 0 Å². The molecule has 1 aliphatic rings. The SMILES string of the molecule is CC(=O)OC(=O)[C@H]1OC(O)[C@H](O)[C@@H](O)[C@@H]1O. The Morgan fingerprint density at radius 3 is 2.12 bits per heavy atom. The maximum absolute atomic E-state index is 11.2. The minimum absolute atomic E-state index is 0.920. The summed E-state index contributed by atoms with van der Waals surface area (Å²) in [6, 6.07) is 0. The van der Waals surface area contributed by atoms with Crippen molar-refractivity contribution in [2.75, 3.05) is 0 Å². The van der Waals surface area contributed by atoms with Crippen LogP contribution in [0.3, 0.4) is 0 Å². The van der Waals surface area contributed by atoms with Crippen LogP contribution in [0.5, 0.6) is 0 Å². The van der Waals surface area contributed by atoms with Gasteiger partial charge in [0.1, 0.15) is 18.3 Å². The maximum atomic E-state index is 11.2. The third-order valence-corrected chi connectivity index (χ3v) is 2.06. The topological polar surface area (TPSA) is 134 Å². The van der Waals surface area contributed by atoms with Gasteiger partial charge in [-0.3, -0.25) is 4.79 Å². The molecule has 1 fully saturated rings. The molecule has 0 aromatic heterocycles. The molecular formula is C8H12O8. The summed E-state index contributed by atoms with van der Waals surface area (Å²) in [6.45, 7) is 0.967. The van der Waals surface area contributed by atoms with Gasteiger partial charge in [0, 0.05) is 6.92 Å². The largest absolute Gasteiger partial charge is 0.391 e. The molecule has 8 heteroatoms. The van der Waals surface area contributed by atoms with Crippen molar-refractivity contribution in [3.63, 3.8) is 0 Å². The van der Waals surface area contributed by atoms with E-state index in [1.54, 1.807) is 0 Å². The Labute approximate surface area is 90.0 Å². The van der Waals surface area contributed by atoms with E-state index in [0.717, 1.165) is 6.92 Å². The fraction of sp³-hybridized carbons (Fsp3) is 0.750. The van der Waals surface area contributed by atoms with Crippen LogP contribution in [0, 0.1) is 0 Å². The highest BCUT2D eigenvalue weighted by Crippen LogP contribution is 2.20. The lowest BCUT2D eigenvalue weighted by molar-refractivity contribution is -0.280. The average molecular weight is 236 g/mol. The Balaban J connectivity index is 2.73. The fourth-order valence-corrected chi connectivity index (χ4v) is 1.26. The summed E-state index contributed by atoms with van der Waals surface area (Å²) < 4.78 is 8.64. The summed E-state index contributed by atoms with van der Waals surface area (Å²) in [7, 11) is 0. The standard InChI is InChI=1S/C8H12O8/c1-2(9)15-8(14)6-4(11)3(10)5(12)7(13)16-6/h3-7,10-13H,1H3/t3-,4-,5+,6-,7?/m0/s1. The van der Waals surface area contributed by atoms with Gasteiger partial charge in [-0.15, -0.1) is 0 Å². The van der Waals surface area contributed by atoms with E-state index in [9.17, 15) is 19.8 Å². The molecule has 0 aliphatic carbocycles. The van der Waals surface area contributed by atoms with Gasteiger partial charge in [0.15, 0.2) is 12.4 Å². The van der Waals surface area contributed by atoms with Gasteiger partial charge in [0.2, 0.25) is 0 Å². The van der Waals surface area contributed by atoms with Gasteiger partial charge in [-0.25, -0.2) is 4.79 Å². The molecule has 8 nitrogen and oxygen atoms in total. The van der Waals surface area contributed by atoms with Crippen LogP contribution in [0.2, 0.25) is 0 Å². The number of hydrogen-bond donors (Lipinski definition) is 4. The van der Waals surface area contributed by atoms with Gasteiger partial charge in [0.05, 0.1) is 0 Å². The van der Waals surface area contributed by atoms with Crippen molar-refractivity contribution in [3.05, 3.63) is 0 Å². The smallest absolute Gasteiger partial charge is 0.345 e. The second kappa shape index (κ2) is 4.85. The predicted molar refractivity (Wildman–Crippen MR) is 45.7 cm³/mol. The van der Waals surface area contributed by atoms with Gasteiger partial charge in [0.25, 0.3) is 0 Å². The molecular weight excluding hydrogens is 224 g/mol. The third-order valence-electron chi connectivity index (χ3n) is 2.06. The molecule has 1 heterocycles. The van der Waals surface area contributed by atoms with Crippen molar-refractivity contribution < 1.29 is 39.5 Å². The number of rotatable bonds is 1. The van der Waals surface area contributed by atoms with E-state index in [4.69, 9.17) is 10.2 Å². The number of hydrogen-bond acceptors (Lipinski definition) is 8. The molecule has 1 aliphatic heterocycles. The van der Waals surface area contributed by atoms with Crippen LogP contribution < -0.4 is 0 Å². The second-order valence-corrected chi connectivity index (χ2v) is 3.33. The Morgan fingerprint density at radius 2 is 1.62 bits per heavy atom. The van der Waals surface area contributed by atoms with Crippen LogP contribution >= 0.6 is 0 Å². The van der Waals surface area contributed by atoms with E-state index >= 15 is 0 Å². The van der Waals surface area contributed by atoms with E-state index in [1.165, 1.54) is 0 Å². The molecule has 0 spiro atoms. The number of aliphatic hydroxyl groups excluding tert-OH is 4. The van der Waals surface area contributed by atoms with Gasteiger partial charge >= 0.3 is 11.9 Å². The number of aliphatic hydroxyl groups is 4. The number of ether oxygens (including phenoxy) is 2. The molecule has 0 radical (unpaired) electrons. The molecule has 1 saturated heterocycles. The van der Waals surface area contributed by atoms with Crippen LogP contribution in [-0.4, -0.2) is 63.1 Å². The normalized spacial score (nSPS) is 39.2. The van der Waals surface area contributed by atoms with E-state index in [0.29, 0.717) is 0 Å². The first kappa shape index (κ1) is 13.0. The lowest BCUT2D eigenvalue weighted by Crippen LogP contribution is -2.60. The average Bonchev–Trinajstić information content (AvgIpc) is 2.19. The van der Waals surface area contributed by atoms with Gasteiger partial charge in [-0.05, 0) is 0 Å². The van der Waals surface area contributed by atoms with E-state index < -0.39 is 42.6 Å². The molecule has 5 atom stereocenters. The monoisotopic (exact) mass is 236 g/mol. The Morgan fingerprint density at radius 1 is 1.06 bits per heavy atom. The number of carbonyl (C=O) groups is 2. The zero-order chi connectivity index (χ0) is 12.5. The van der Waals surface area contributed by atoms with Crippen molar-refractivity contribution in [3.8, 4) is 0 Å². The lowest BCUT2D eigenvalue weighted by atomic mass is 9.99. The summed E-state index contributed by atoms with van der Waals surface area (Å²) in [4.78, 5) is 21.7.